The van der Waals surface area contributed by atoms with Gasteiger partial charge in [-0.2, -0.15) is 0 Å². The molecule has 0 N–H and O–H groups in total. The van der Waals surface area contributed by atoms with Gasteiger partial charge in [0.05, 0.1) is 12.5 Å². The van der Waals surface area contributed by atoms with E-state index in [4.69, 9.17) is 4.74 Å². The van der Waals surface area contributed by atoms with Crippen LogP contribution in [0, 0.1) is 5.82 Å². The number of hydrogen-bond donors (Lipinski definition) is 0. The Morgan fingerprint density at radius 2 is 2.27 bits per heavy atom. The van der Waals surface area contributed by atoms with Crippen LogP contribution in [0.5, 0.6) is 5.88 Å². The molecule has 0 saturated carbocycles. The molecule has 0 fully saturated rings. The van der Waals surface area contributed by atoms with E-state index in [-0.39, 0.29) is 5.82 Å². The summed E-state index contributed by atoms with van der Waals surface area (Å²) in [4.78, 5) is 3.80. The second-order valence-corrected chi connectivity index (χ2v) is 3.31. The molecule has 82 valence electrons. The number of ether oxygens (including phenoxy) is 1. The molecule has 0 radical (unpaired) electrons. The molecular formula is C12H16FNO. The summed E-state index contributed by atoms with van der Waals surface area (Å²) in [5.41, 5.74) is 1.24. The molecule has 0 unspecified atom stereocenters. The molecule has 0 aliphatic heterocycles. The van der Waals surface area contributed by atoms with Crippen molar-refractivity contribution in [1.82, 2.24) is 4.98 Å². The first-order valence-corrected chi connectivity index (χ1v) is 5.22. The van der Waals surface area contributed by atoms with Gasteiger partial charge in [-0.25, -0.2) is 9.37 Å². The Hall–Kier alpha value is -1.38. The molecule has 0 aliphatic carbocycles. The number of pyridine rings is 1. The van der Waals surface area contributed by atoms with Crippen LogP contribution >= 0.6 is 0 Å². The van der Waals surface area contributed by atoms with Crippen LogP contribution in [0.25, 0.3) is 0 Å². The highest BCUT2D eigenvalue weighted by molar-refractivity contribution is 5.13. The molecule has 1 heterocycles. The molecule has 2 nitrogen and oxygen atoms in total. The molecule has 0 spiro atoms. The SMILES string of the molecule is CCC/C(=C\Oc1ccc(F)cn1)CC. The van der Waals surface area contributed by atoms with E-state index in [0.29, 0.717) is 5.88 Å². The van der Waals surface area contributed by atoms with E-state index in [0.717, 1.165) is 25.5 Å². The minimum atomic E-state index is -0.351. The Morgan fingerprint density at radius 3 is 2.80 bits per heavy atom. The van der Waals surface area contributed by atoms with Gasteiger partial charge in [-0.05, 0) is 24.5 Å². The van der Waals surface area contributed by atoms with Gasteiger partial charge in [0.2, 0.25) is 5.88 Å². The monoisotopic (exact) mass is 209 g/mol. The molecule has 0 aromatic carbocycles. The van der Waals surface area contributed by atoms with Gasteiger partial charge < -0.3 is 4.74 Å². The fourth-order valence-corrected chi connectivity index (χ4v) is 1.22. The minimum Gasteiger partial charge on any atom is -0.447 e. The minimum absolute atomic E-state index is 0.351. The first-order valence-electron chi connectivity index (χ1n) is 5.22. The third kappa shape index (κ3) is 4.11. The normalized spacial score (nSPS) is 11.5. The molecule has 0 aliphatic rings. The summed E-state index contributed by atoms with van der Waals surface area (Å²) < 4.78 is 17.9. The van der Waals surface area contributed by atoms with Crippen molar-refractivity contribution in [3.63, 3.8) is 0 Å². The van der Waals surface area contributed by atoms with Gasteiger partial charge in [0.15, 0.2) is 0 Å². The lowest BCUT2D eigenvalue weighted by Crippen LogP contribution is -1.90. The van der Waals surface area contributed by atoms with Gasteiger partial charge >= 0.3 is 0 Å². The summed E-state index contributed by atoms with van der Waals surface area (Å²) in [6.45, 7) is 4.21. The first-order chi connectivity index (χ1) is 7.26. The van der Waals surface area contributed by atoms with Crippen LogP contribution in [0.4, 0.5) is 4.39 Å². The van der Waals surface area contributed by atoms with Gasteiger partial charge in [0, 0.05) is 6.07 Å². The molecule has 0 saturated heterocycles. The van der Waals surface area contributed by atoms with Crippen LogP contribution in [0.1, 0.15) is 33.1 Å². The first kappa shape index (κ1) is 11.7. The maximum Gasteiger partial charge on any atom is 0.218 e. The summed E-state index contributed by atoms with van der Waals surface area (Å²) in [6.07, 6.45) is 5.95. The Balaban J connectivity index is 2.57. The van der Waals surface area contributed by atoms with Crippen LogP contribution in [0.3, 0.4) is 0 Å². The lowest BCUT2D eigenvalue weighted by atomic mass is 10.1. The second-order valence-electron chi connectivity index (χ2n) is 3.31. The van der Waals surface area contributed by atoms with Crippen molar-refractivity contribution in [3.05, 3.63) is 36.0 Å². The number of hydrogen-bond acceptors (Lipinski definition) is 2. The van der Waals surface area contributed by atoms with E-state index < -0.39 is 0 Å². The predicted molar refractivity (Wildman–Crippen MR) is 58.1 cm³/mol. The quantitative estimate of drug-likeness (QED) is 0.690. The van der Waals surface area contributed by atoms with Crippen molar-refractivity contribution in [3.8, 4) is 5.88 Å². The molecular weight excluding hydrogens is 193 g/mol. The Kier molecular flexibility index (Phi) is 4.81. The van der Waals surface area contributed by atoms with Crippen LogP contribution < -0.4 is 4.74 Å². The van der Waals surface area contributed by atoms with Crippen molar-refractivity contribution < 1.29 is 9.13 Å². The van der Waals surface area contributed by atoms with Crippen molar-refractivity contribution >= 4 is 0 Å². The van der Waals surface area contributed by atoms with Crippen LogP contribution in [0.15, 0.2) is 30.2 Å². The zero-order valence-electron chi connectivity index (χ0n) is 9.16. The zero-order valence-corrected chi connectivity index (χ0v) is 9.16. The van der Waals surface area contributed by atoms with Crippen molar-refractivity contribution in [1.29, 1.82) is 0 Å². The fourth-order valence-electron chi connectivity index (χ4n) is 1.22. The van der Waals surface area contributed by atoms with Crippen molar-refractivity contribution in [2.24, 2.45) is 0 Å². The Morgan fingerprint density at radius 1 is 1.47 bits per heavy atom. The van der Waals surface area contributed by atoms with Crippen molar-refractivity contribution in [2.45, 2.75) is 33.1 Å². The lowest BCUT2D eigenvalue weighted by Gasteiger charge is -2.03. The van der Waals surface area contributed by atoms with Gasteiger partial charge in [0.25, 0.3) is 0 Å². The second kappa shape index (κ2) is 6.17. The molecule has 0 amide bonds. The summed E-state index contributed by atoms with van der Waals surface area (Å²) in [5, 5.41) is 0. The van der Waals surface area contributed by atoms with Gasteiger partial charge in [-0.3, -0.25) is 0 Å². The molecule has 1 rings (SSSR count). The van der Waals surface area contributed by atoms with Gasteiger partial charge in [-0.15, -0.1) is 0 Å². The number of halogens is 1. The number of allylic oxidation sites excluding steroid dienone is 1. The molecule has 15 heavy (non-hydrogen) atoms. The Bertz CT molecular complexity index is 319. The summed E-state index contributed by atoms with van der Waals surface area (Å²) in [5.74, 6) is 0.0778. The number of aromatic nitrogens is 1. The third-order valence-electron chi connectivity index (χ3n) is 2.07. The molecule has 1 aromatic rings. The van der Waals surface area contributed by atoms with Crippen LogP contribution in [0.2, 0.25) is 0 Å². The van der Waals surface area contributed by atoms with Gasteiger partial charge in [-0.1, -0.05) is 20.3 Å². The van der Waals surface area contributed by atoms with Gasteiger partial charge in [0.1, 0.15) is 5.82 Å². The van der Waals surface area contributed by atoms with Crippen LogP contribution in [-0.4, -0.2) is 4.98 Å². The zero-order chi connectivity index (χ0) is 11.1. The predicted octanol–water partition coefficient (Wildman–Crippen LogP) is 3.69. The largest absolute Gasteiger partial charge is 0.447 e. The average Bonchev–Trinajstić information content (AvgIpc) is 2.26. The van der Waals surface area contributed by atoms with E-state index in [9.17, 15) is 4.39 Å². The molecule has 1 aromatic heterocycles. The summed E-state index contributed by atoms with van der Waals surface area (Å²) >= 11 is 0. The standard InChI is InChI=1S/C12H16FNO/c1-3-5-10(4-2)9-15-12-7-6-11(13)8-14-12/h6-9H,3-5H2,1-2H3/b10-9-. The van der Waals surface area contributed by atoms with E-state index >= 15 is 0 Å². The Labute approximate surface area is 89.8 Å². The molecule has 0 bridgehead atoms. The third-order valence-corrected chi connectivity index (χ3v) is 2.07. The summed E-state index contributed by atoms with van der Waals surface area (Å²) in [7, 11) is 0. The molecule has 3 heteroatoms. The number of nitrogens with zero attached hydrogens (tertiary/aromatic N) is 1. The number of rotatable bonds is 5. The maximum atomic E-state index is 12.5. The van der Waals surface area contributed by atoms with E-state index in [1.807, 2.05) is 0 Å². The topological polar surface area (TPSA) is 22.1 Å². The average molecular weight is 209 g/mol. The van der Waals surface area contributed by atoms with E-state index in [2.05, 4.69) is 18.8 Å². The fraction of sp³-hybridized carbons (Fsp3) is 0.417. The smallest absolute Gasteiger partial charge is 0.218 e. The lowest BCUT2D eigenvalue weighted by molar-refractivity contribution is 0.448. The maximum absolute atomic E-state index is 12.5. The van der Waals surface area contributed by atoms with Crippen molar-refractivity contribution in [2.75, 3.05) is 0 Å². The highest BCUT2D eigenvalue weighted by atomic mass is 19.1. The molecule has 0 atom stereocenters. The van der Waals surface area contributed by atoms with Crippen LogP contribution in [-0.2, 0) is 0 Å². The van der Waals surface area contributed by atoms with E-state index in [1.165, 1.54) is 17.7 Å². The highest BCUT2D eigenvalue weighted by Gasteiger charge is 1.96. The highest BCUT2D eigenvalue weighted by Crippen LogP contribution is 2.12. The van der Waals surface area contributed by atoms with E-state index in [1.54, 1.807) is 6.26 Å². The summed E-state index contributed by atoms with van der Waals surface area (Å²) in [6, 6.07) is 2.85.